The van der Waals surface area contributed by atoms with E-state index >= 15 is 0 Å². The maximum Gasteiger partial charge on any atom is 0.161 e. The molecule has 0 amide bonds. The average molecular weight is 154 g/mol. The van der Waals surface area contributed by atoms with Crippen LogP contribution in [0.5, 0.6) is 0 Å². The molecular weight excluding hydrogens is 145 g/mol. The summed E-state index contributed by atoms with van der Waals surface area (Å²) in [7, 11) is 1.55. The zero-order valence-corrected chi connectivity index (χ0v) is 6.62. The number of halogens is 2. The highest BCUT2D eigenvalue weighted by Gasteiger charge is 2.07. The zero-order valence-electron chi connectivity index (χ0n) is 6.62. The van der Waals surface area contributed by atoms with Gasteiger partial charge in [0, 0.05) is 0 Å². The normalized spacial score (nSPS) is 10.1. The molecule has 1 aromatic rings. The minimum Gasteiger partial charge on any atom is -0.204 e. The summed E-state index contributed by atoms with van der Waals surface area (Å²) in [6.45, 7) is 1.80. The molecular formula is C8H9BF2. The van der Waals surface area contributed by atoms with Gasteiger partial charge >= 0.3 is 0 Å². The Morgan fingerprint density at radius 3 is 2.45 bits per heavy atom. The number of aryl methyl sites for hydroxylation is 1. The summed E-state index contributed by atoms with van der Waals surface area (Å²) in [6, 6.07) is 3.21. The van der Waals surface area contributed by atoms with E-state index in [1.54, 1.807) is 26.9 Å². The van der Waals surface area contributed by atoms with Gasteiger partial charge < -0.3 is 0 Å². The van der Waals surface area contributed by atoms with Crippen molar-refractivity contribution in [1.82, 2.24) is 0 Å². The molecule has 0 nitrogen and oxygen atoms in total. The van der Waals surface area contributed by atoms with E-state index in [9.17, 15) is 8.78 Å². The largest absolute Gasteiger partial charge is 0.204 e. The first-order chi connectivity index (χ1) is 5.16. The van der Waals surface area contributed by atoms with Crippen LogP contribution in [0.2, 0.25) is 0 Å². The monoisotopic (exact) mass is 154 g/mol. The van der Waals surface area contributed by atoms with Crippen LogP contribution >= 0.6 is 0 Å². The van der Waals surface area contributed by atoms with Gasteiger partial charge in [-0.3, -0.25) is 0 Å². The molecule has 0 saturated heterocycles. The van der Waals surface area contributed by atoms with Gasteiger partial charge in [0.15, 0.2) is 11.6 Å². The lowest BCUT2D eigenvalue weighted by atomic mass is 9.93. The molecule has 0 aliphatic carbocycles. The quantitative estimate of drug-likeness (QED) is 0.524. The third-order valence-corrected chi connectivity index (χ3v) is 1.74. The molecule has 1 rings (SSSR count). The summed E-state index contributed by atoms with van der Waals surface area (Å²) < 4.78 is 25.7. The number of hydrogen-bond acceptors (Lipinski definition) is 0. The highest BCUT2D eigenvalue weighted by Crippen LogP contribution is 2.09. The third kappa shape index (κ3) is 1.42. The number of benzene rings is 1. The Hall–Kier alpha value is -0.855. The van der Waals surface area contributed by atoms with Gasteiger partial charge in [-0.1, -0.05) is 24.5 Å². The summed E-state index contributed by atoms with van der Waals surface area (Å²) in [5.41, 5.74) is 0.799. The molecule has 1 aromatic carbocycles. The molecule has 3 heteroatoms. The van der Waals surface area contributed by atoms with Gasteiger partial charge in [0.1, 0.15) is 7.85 Å². The predicted octanol–water partition coefficient (Wildman–Crippen LogP) is 0.786. The van der Waals surface area contributed by atoms with Crippen LogP contribution in [0, 0.1) is 11.6 Å². The van der Waals surface area contributed by atoms with Crippen LogP contribution < -0.4 is 5.46 Å². The summed E-state index contributed by atoms with van der Waals surface area (Å²) >= 11 is 0. The van der Waals surface area contributed by atoms with Gasteiger partial charge in [-0.25, -0.2) is 8.78 Å². The molecule has 0 bridgehead atoms. The Morgan fingerprint density at radius 1 is 1.27 bits per heavy atom. The van der Waals surface area contributed by atoms with E-state index < -0.39 is 11.6 Å². The maximum atomic E-state index is 12.9. The topological polar surface area (TPSA) is 0 Å². The van der Waals surface area contributed by atoms with Crippen LogP contribution in [0.15, 0.2) is 12.1 Å². The molecule has 0 spiro atoms. The zero-order chi connectivity index (χ0) is 8.43. The van der Waals surface area contributed by atoms with Crippen molar-refractivity contribution in [1.29, 1.82) is 0 Å². The molecule has 0 aliphatic rings. The molecule has 0 aromatic heterocycles. The van der Waals surface area contributed by atoms with Crippen molar-refractivity contribution in [2.24, 2.45) is 0 Å². The van der Waals surface area contributed by atoms with Crippen LogP contribution in [0.1, 0.15) is 12.5 Å². The van der Waals surface area contributed by atoms with Crippen molar-refractivity contribution in [2.45, 2.75) is 13.3 Å². The SMILES string of the molecule is Bc1ccc(CC)c(F)c1F. The fraction of sp³-hybridized carbons (Fsp3) is 0.250. The van der Waals surface area contributed by atoms with E-state index in [4.69, 9.17) is 0 Å². The maximum absolute atomic E-state index is 12.9. The van der Waals surface area contributed by atoms with E-state index in [0.29, 0.717) is 17.4 Å². The van der Waals surface area contributed by atoms with Crippen molar-refractivity contribution in [3.8, 4) is 0 Å². The lowest BCUT2D eigenvalue weighted by Gasteiger charge is -2.02. The highest BCUT2D eigenvalue weighted by molar-refractivity contribution is 6.32. The van der Waals surface area contributed by atoms with Gasteiger partial charge in [-0.15, -0.1) is 0 Å². The fourth-order valence-electron chi connectivity index (χ4n) is 0.959. The van der Waals surface area contributed by atoms with Crippen molar-refractivity contribution >= 4 is 13.3 Å². The second-order valence-electron chi connectivity index (χ2n) is 2.52. The van der Waals surface area contributed by atoms with Gasteiger partial charge in [0.05, 0.1) is 0 Å². The lowest BCUT2D eigenvalue weighted by molar-refractivity contribution is 0.505. The summed E-state index contributed by atoms with van der Waals surface area (Å²) in [4.78, 5) is 0. The molecule has 0 aliphatic heterocycles. The van der Waals surface area contributed by atoms with Crippen LogP contribution in [0.4, 0.5) is 8.78 Å². The van der Waals surface area contributed by atoms with E-state index in [0.717, 1.165) is 0 Å². The Balaban J connectivity index is 3.25. The molecule has 11 heavy (non-hydrogen) atoms. The fourth-order valence-corrected chi connectivity index (χ4v) is 0.959. The molecule has 0 unspecified atom stereocenters. The van der Waals surface area contributed by atoms with Crippen LogP contribution in [-0.4, -0.2) is 7.85 Å². The lowest BCUT2D eigenvalue weighted by Crippen LogP contribution is -2.12. The van der Waals surface area contributed by atoms with Crippen molar-refractivity contribution in [3.05, 3.63) is 29.3 Å². The summed E-state index contributed by atoms with van der Waals surface area (Å²) in [6.07, 6.45) is 0.531. The predicted molar refractivity (Wildman–Crippen MR) is 43.9 cm³/mol. The van der Waals surface area contributed by atoms with E-state index in [2.05, 4.69) is 0 Å². The van der Waals surface area contributed by atoms with Crippen molar-refractivity contribution in [2.75, 3.05) is 0 Å². The number of rotatable bonds is 1. The Morgan fingerprint density at radius 2 is 1.91 bits per heavy atom. The van der Waals surface area contributed by atoms with Crippen LogP contribution in [0.3, 0.4) is 0 Å². The Kier molecular flexibility index (Phi) is 2.27. The third-order valence-electron chi connectivity index (χ3n) is 1.74. The van der Waals surface area contributed by atoms with E-state index in [1.165, 1.54) is 0 Å². The summed E-state index contributed by atoms with van der Waals surface area (Å²) in [5.74, 6) is -1.42. The van der Waals surface area contributed by atoms with Gasteiger partial charge in [-0.05, 0) is 12.0 Å². The van der Waals surface area contributed by atoms with E-state index in [-0.39, 0.29) is 0 Å². The van der Waals surface area contributed by atoms with Gasteiger partial charge in [-0.2, -0.15) is 0 Å². The first-order valence-electron chi connectivity index (χ1n) is 3.60. The Labute approximate surface area is 65.6 Å². The smallest absolute Gasteiger partial charge is 0.161 e. The molecule has 0 atom stereocenters. The first kappa shape index (κ1) is 8.24. The summed E-state index contributed by atoms with van der Waals surface area (Å²) in [5, 5.41) is 0. The second-order valence-corrected chi connectivity index (χ2v) is 2.52. The molecule has 0 radical (unpaired) electrons. The minimum absolute atomic E-state index is 0.361. The molecule has 0 fully saturated rings. The first-order valence-corrected chi connectivity index (χ1v) is 3.60. The Bertz CT molecular complexity index is 271. The molecule has 58 valence electrons. The van der Waals surface area contributed by atoms with Crippen LogP contribution in [0.25, 0.3) is 0 Å². The molecule has 0 saturated carbocycles. The van der Waals surface area contributed by atoms with Crippen molar-refractivity contribution in [3.63, 3.8) is 0 Å². The molecule has 0 N–H and O–H groups in total. The average Bonchev–Trinajstić information content (AvgIpc) is 2.01. The van der Waals surface area contributed by atoms with Crippen molar-refractivity contribution < 1.29 is 8.78 Å². The van der Waals surface area contributed by atoms with E-state index in [1.807, 2.05) is 0 Å². The number of hydrogen-bond donors (Lipinski definition) is 0. The molecule has 0 heterocycles. The second kappa shape index (κ2) is 3.03. The highest BCUT2D eigenvalue weighted by atomic mass is 19.2. The van der Waals surface area contributed by atoms with Gasteiger partial charge in [0.2, 0.25) is 0 Å². The van der Waals surface area contributed by atoms with Gasteiger partial charge in [0.25, 0.3) is 0 Å². The van der Waals surface area contributed by atoms with Crippen LogP contribution in [-0.2, 0) is 6.42 Å². The minimum atomic E-state index is -0.718. The standard InChI is InChI=1S/C8H9BF2/c1-2-5-3-4-6(9)8(11)7(5)10/h3-4H,2,9H2,1H3.